The van der Waals surface area contributed by atoms with E-state index in [9.17, 15) is 0 Å². The summed E-state index contributed by atoms with van der Waals surface area (Å²) in [4.78, 5) is 0. The topological polar surface area (TPSA) is 55.9 Å². The molecule has 0 radical (unpaired) electrons. The van der Waals surface area contributed by atoms with E-state index in [-0.39, 0.29) is 6.04 Å². The van der Waals surface area contributed by atoms with Crippen LogP contribution in [0.15, 0.2) is 10.7 Å². The van der Waals surface area contributed by atoms with Gasteiger partial charge in [-0.1, -0.05) is 39.0 Å². The number of halogens is 1. The largest absolute Gasteiger partial charge is 0.271 e. The van der Waals surface area contributed by atoms with E-state index in [1.54, 1.807) is 0 Å². The molecule has 0 saturated heterocycles. The van der Waals surface area contributed by atoms with E-state index < -0.39 is 0 Å². The van der Waals surface area contributed by atoms with Crippen molar-refractivity contribution in [1.29, 1.82) is 0 Å². The van der Waals surface area contributed by atoms with Crippen molar-refractivity contribution in [1.82, 2.24) is 15.2 Å². The van der Waals surface area contributed by atoms with Gasteiger partial charge in [0.25, 0.3) is 0 Å². The molecule has 0 aliphatic rings. The number of aryl methyl sites for hydroxylation is 1. The van der Waals surface area contributed by atoms with Crippen LogP contribution in [0.5, 0.6) is 0 Å². The van der Waals surface area contributed by atoms with E-state index in [1.165, 1.54) is 32.1 Å². The van der Waals surface area contributed by atoms with Crippen LogP contribution in [0, 0.1) is 0 Å². The van der Waals surface area contributed by atoms with Crippen LogP contribution in [0.25, 0.3) is 0 Å². The van der Waals surface area contributed by atoms with Crippen LogP contribution in [0.4, 0.5) is 0 Å². The minimum absolute atomic E-state index is 0.184. The molecule has 1 atom stereocenters. The molecule has 1 aromatic rings. The molecule has 3 N–H and O–H groups in total. The Morgan fingerprint density at radius 3 is 2.67 bits per heavy atom. The predicted octanol–water partition coefficient (Wildman–Crippen LogP) is 3.53. The number of nitrogens with two attached hydrogens (primary N) is 1. The highest BCUT2D eigenvalue weighted by atomic mass is 79.9. The monoisotopic (exact) mass is 316 g/mol. The number of nitrogens with zero attached hydrogens (tertiary/aromatic N) is 2. The van der Waals surface area contributed by atoms with E-state index in [2.05, 4.69) is 40.3 Å². The molecule has 0 aliphatic carbocycles. The summed E-state index contributed by atoms with van der Waals surface area (Å²) < 4.78 is 3.04. The maximum absolute atomic E-state index is 5.69. The highest BCUT2D eigenvalue weighted by Gasteiger charge is 2.17. The average Bonchev–Trinajstić information content (AvgIpc) is 2.75. The van der Waals surface area contributed by atoms with Crippen molar-refractivity contribution < 1.29 is 0 Å². The number of unbranched alkanes of at least 4 members (excludes halogenated alkanes) is 4. The van der Waals surface area contributed by atoms with Crippen molar-refractivity contribution in [2.75, 3.05) is 0 Å². The molecule has 1 rings (SSSR count). The minimum atomic E-state index is 0.184. The zero-order valence-corrected chi connectivity index (χ0v) is 13.0. The van der Waals surface area contributed by atoms with Crippen molar-refractivity contribution in [3.63, 3.8) is 0 Å². The Bertz CT molecular complexity index is 338. The fraction of sp³-hybridized carbons (Fsp3) is 0.769. The molecular weight excluding hydrogens is 292 g/mol. The van der Waals surface area contributed by atoms with Gasteiger partial charge in [-0.3, -0.25) is 16.0 Å². The summed E-state index contributed by atoms with van der Waals surface area (Å²) in [5.74, 6) is 5.69. The third-order valence-corrected chi connectivity index (χ3v) is 3.87. The van der Waals surface area contributed by atoms with Crippen molar-refractivity contribution in [2.45, 2.75) is 65.0 Å². The van der Waals surface area contributed by atoms with Gasteiger partial charge < -0.3 is 0 Å². The van der Waals surface area contributed by atoms with Crippen LogP contribution in [0.2, 0.25) is 0 Å². The normalized spacial score (nSPS) is 12.9. The van der Waals surface area contributed by atoms with Crippen molar-refractivity contribution in [2.24, 2.45) is 5.84 Å². The molecule has 0 amide bonds. The van der Waals surface area contributed by atoms with Crippen LogP contribution < -0.4 is 11.3 Å². The van der Waals surface area contributed by atoms with E-state index >= 15 is 0 Å². The molecule has 1 aromatic heterocycles. The van der Waals surface area contributed by atoms with E-state index in [0.29, 0.717) is 0 Å². The summed E-state index contributed by atoms with van der Waals surface area (Å²) in [5.41, 5.74) is 4.08. The number of aromatic nitrogens is 2. The number of rotatable bonds is 9. The van der Waals surface area contributed by atoms with Gasteiger partial charge in [0.05, 0.1) is 22.4 Å². The van der Waals surface area contributed by atoms with Gasteiger partial charge in [0, 0.05) is 6.54 Å². The Hall–Kier alpha value is -0.390. The first-order valence-corrected chi connectivity index (χ1v) is 7.71. The maximum atomic E-state index is 5.69. The lowest BCUT2D eigenvalue weighted by molar-refractivity contribution is 0.442. The lowest BCUT2D eigenvalue weighted by atomic mass is 10.0. The third kappa shape index (κ3) is 4.37. The summed E-state index contributed by atoms with van der Waals surface area (Å²) in [5, 5.41) is 4.33. The first-order chi connectivity index (χ1) is 8.74. The Morgan fingerprint density at radius 1 is 1.33 bits per heavy atom. The fourth-order valence-corrected chi connectivity index (χ4v) is 2.79. The quantitative estimate of drug-likeness (QED) is 0.416. The minimum Gasteiger partial charge on any atom is -0.271 e. The second-order valence-corrected chi connectivity index (χ2v) is 5.47. The molecule has 18 heavy (non-hydrogen) atoms. The fourth-order valence-electron chi connectivity index (χ4n) is 2.22. The molecule has 0 spiro atoms. The molecular formula is C13H25BrN4. The van der Waals surface area contributed by atoms with Gasteiger partial charge in [-0.15, -0.1) is 0 Å². The summed E-state index contributed by atoms with van der Waals surface area (Å²) in [6, 6.07) is 0.184. The van der Waals surface area contributed by atoms with Crippen LogP contribution in [-0.2, 0) is 6.54 Å². The maximum Gasteiger partial charge on any atom is 0.0709 e. The zero-order chi connectivity index (χ0) is 13.4. The first-order valence-electron chi connectivity index (χ1n) is 6.91. The Morgan fingerprint density at radius 2 is 2.06 bits per heavy atom. The van der Waals surface area contributed by atoms with Gasteiger partial charge in [0.1, 0.15) is 0 Å². The highest BCUT2D eigenvalue weighted by Crippen LogP contribution is 2.26. The third-order valence-electron chi connectivity index (χ3n) is 3.26. The molecule has 0 aliphatic heterocycles. The molecule has 5 heteroatoms. The highest BCUT2D eigenvalue weighted by molar-refractivity contribution is 9.10. The van der Waals surface area contributed by atoms with Crippen LogP contribution in [-0.4, -0.2) is 9.78 Å². The number of hydrazine groups is 1. The van der Waals surface area contributed by atoms with Gasteiger partial charge in [0.2, 0.25) is 0 Å². The van der Waals surface area contributed by atoms with E-state index in [0.717, 1.165) is 23.1 Å². The van der Waals surface area contributed by atoms with Crippen molar-refractivity contribution >= 4 is 15.9 Å². The number of nitrogens with one attached hydrogen (secondary N) is 1. The SMILES string of the molecule is CCCCCCCC(NN)c1c(Br)cnn1CC. The summed E-state index contributed by atoms with van der Waals surface area (Å²) >= 11 is 3.55. The lowest BCUT2D eigenvalue weighted by Gasteiger charge is -2.18. The molecule has 4 nitrogen and oxygen atoms in total. The predicted molar refractivity (Wildman–Crippen MR) is 79.0 cm³/mol. The van der Waals surface area contributed by atoms with Gasteiger partial charge in [-0.05, 0) is 29.3 Å². The Kier molecular flexibility index (Phi) is 7.54. The summed E-state index contributed by atoms with van der Waals surface area (Å²) in [6.45, 7) is 5.20. The zero-order valence-electron chi connectivity index (χ0n) is 11.5. The smallest absolute Gasteiger partial charge is 0.0709 e. The van der Waals surface area contributed by atoms with Crippen LogP contribution in [0.1, 0.15) is 64.1 Å². The van der Waals surface area contributed by atoms with Gasteiger partial charge in [-0.2, -0.15) is 5.10 Å². The second kappa shape index (κ2) is 8.67. The van der Waals surface area contributed by atoms with Gasteiger partial charge in [-0.25, -0.2) is 0 Å². The molecule has 0 fully saturated rings. The number of hydrogen-bond donors (Lipinski definition) is 2. The average molecular weight is 317 g/mol. The first kappa shape index (κ1) is 15.7. The molecule has 104 valence electrons. The standard InChI is InChI=1S/C13H25BrN4/c1-3-5-6-7-8-9-12(17-15)13-11(14)10-16-18(13)4-2/h10,12,17H,3-9,15H2,1-2H3. The van der Waals surface area contributed by atoms with Crippen LogP contribution in [0.3, 0.4) is 0 Å². The molecule has 0 bridgehead atoms. The Labute approximate surface area is 118 Å². The van der Waals surface area contributed by atoms with Crippen molar-refractivity contribution in [3.05, 3.63) is 16.4 Å². The summed E-state index contributed by atoms with van der Waals surface area (Å²) in [7, 11) is 0. The molecule has 0 aromatic carbocycles. The van der Waals surface area contributed by atoms with E-state index in [1.807, 2.05) is 10.9 Å². The molecule has 0 saturated carbocycles. The van der Waals surface area contributed by atoms with Crippen LogP contribution >= 0.6 is 15.9 Å². The number of hydrogen-bond acceptors (Lipinski definition) is 3. The van der Waals surface area contributed by atoms with Gasteiger partial charge >= 0.3 is 0 Å². The summed E-state index contributed by atoms with van der Waals surface area (Å²) in [6.07, 6.45) is 9.33. The second-order valence-electron chi connectivity index (χ2n) is 4.62. The molecule has 1 unspecified atom stereocenters. The van der Waals surface area contributed by atoms with E-state index in [4.69, 9.17) is 5.84 Å². The van der Waals surface area contributed by atoms with Crippen molar-refractivity contribution in [3.8, 4) is 0 Å². The Balaban J connectivity index is 2.52. The lowest BCUT2D eigenvalue weighted by Crippen LogP contribution is -2.30. The van der Waals surface area contributed by atoms with Gasteiger partial charge in [0.15, 0.2) is 0 Å². The molecule has 1 heterocycles.